The van der Waals surface area contributed by atoms with Crippen molar-refractivity contribution in [3.8, 4) is 0 Å². The van der Waals surface area contributed by atoms with Gasteiger partial charge in [-0.1, -0.05) is 0 Å². The summed E-state index contributed by atoms with van der Waals surface area (Å²) < 4.78 is 36.8. The number of rotatable bonds is 3. The average molecular weight is 288 g/mol. The molecule has 0 saturated heterocycles. The van der Waals surface area contributed by atoms with Crippen LogP contribution < -0.4 is 5.32 Å². The molecule has 0 spiro atoms. The summed E-state index contributed by atoms with van der Waals surface area (Å²) in [6, 6.07) is 1.76. The molecule has 0 saturated carbocycles. The highest BCUT2D eigenvalue weighted by Crippen LogP contribution is 2.27. The van der Waals surface area contributed by atoms with Gasteiger partial charge in [0.05, 0.1) is 11.9 Å². The van der Waals surface area contributed by atoms with E-state index in [9.17, 15) is 22.8 Å². The molecule has 0 fully saturated rings. The molecule has 0 atom stereocenters. The first-order valence-corrected chi connectivity index (χ1v) is 5.38. The summed E-state index contributed by atoms with van der Waals surface area (Å²) in [4.78, 5) is 25.5. The predicted molar refractivity (Wildman–Crippen MR) is 63.9 cm³/mol. The normalized spacial score (nSPS) is 12.7. The summed E-state index contributed by atoms with van der Waals surface area (Å²) in [7, 11) is 0. The van der Waals surface area contributed by atoms with Gasteiger partial charge in [0.2, 0.25) is 0 Å². The lowest BCUT2D eigenvalue weighted by molar-refractivity contribution is -0.141. The van der Waals surface area contributed by atoms with E-state index in [1.807, 2.05) is 0 Å². The molecule has 108 valence electrons. The van der Waals surface area contributed by atoms with Crippen molar-refractivity contribution in [1.82, 2.24) is 4.98 Å². The average Bonchev–Trinajstić information content (AvgIpc) is 2.36. The molecule has 2 N–H and O–H groups in total. The van der Waals surface area contributed by atoms with Crippen LogP contribution in [0.1, 0.15) is 19.5 Å². The Morgan fingerprint density at radius 3 is 2.20 bits per heavy atom. The number of hydrogen-bond donors (Lipinski definition) is 2. The Morgan fingerprint density at radius 1 is 1.20 bits per heavy atom. The fourth-order valence-electron chi connectivity index (χ4n) is 1.19. The first kappa shape index (κ1) is 15.7. The predicted octanol–water partition coefficient (Wildman–Crippen LogP) is 2.46. The summed E-state index contributed by atoms with van der Waals surface area (Å²) in [5.74, 6) is -1.96. The monoisotopic (exact) mass is 288 g/mol. The van der Waals surface area contributed by atoms with E-state index in [2.05, 4.69) is 10.3 Å². The van der Waals surface area contributed by atoms with E-state index in [0.29, 0.717) is 0 Å². The molecule has 0 aliphatic heterocycles. The lowest BCUT2D eigenvalue weighted by atomic mass is 10.1. The minimum absolute atomic E-state index is 0.0422. The molecule has 0 aliphatic carbocycles. The first-order chi connectivity index (χ1) is 9.12. The van der Waals surface area contributed by atoms with Gasteiger partial charge in [0, 0.05) is 11.1 Å². The molecule has 0 aromatic carbocycles. The van der Waals surface area contributed by atoms with Crippen molar-refractivity contribution in [2.75, 3.05) is 5.32 Å². The van der Waals surface area contributed by atoms with E-state index in [1.54, 1.807) is 0 Å². The highest BCUT2D eigenvalue weighted by molar-refractivity contribution is 6.07. The topological polar surface area (TPSA) is 79.3 Å². The number of carbonyl (C=O) groups is 2. The molecule has 1 amide bonds. The van der Waals surface area contributed by atoms with Gasteiger partial charge < -0.3 is 10.4 Å². The number of carbonyl (C=O) groups excluding carboxylic acids is 1. The SMILES string of the molecule is C/C(C(=O)O)=C(/C)C(=O)Nc1ccc(C(F)(F)F)nc1. The zero-order valence-electron chi connectivity index (χ0n) is 10.6. The molecule has 1 aromatic heterocycles. The molecule has 0 unspecified atom stereocenters. The number of carboxylic acids is 1. The van der Waals surface area contributed by atoms with Gasteiger partial charge in [0.25, 0.3) is 5.91 Å². The minimum atomic E-state index is -4.56. The van der Waals surface area contributed by atoms with Crippen molar-refractivity contribution in [3.05, 3.63) is 35.2 Å². The van der Waals surface area contributed by atoms with Gasteiger partial charge in [0.15, 0.2) is 0 Å². The molecule has 1 rings (SSSR count). The Kier molecular flexibility index (Phi) is 4.49. The fraction of sp³-hybridized carbons (Fsp3) is 0.250. The fourth-order valence-corrected chi connectivity index (χ4v) is 1.19. The molecular formula is C12H11F3N2O3. The summed E-state index contributed by atoms with van der Waals surface area (Å²) in [5.41, 5.74) is -1.23. The standard InChI is InChI=1S/C12H11F3N2O3/c1-6(7(2)11(19)20)10(18)17-8-3-4-9(16-5-8)12(13,14)15/h3-5H,1-2H3,(H,17,18)(H,19,20)/b7-6+. The molecule has 0 aliphatic rings. The second-order valence-corrected chi connectivity index (χ2v) is 3.94. The van der Waals surface area contributed by atoms with Crippen LogP contribution in [0.3, 0.4) is 0 Å². The molecule has 8 heteroatoms. The van der Waals surface area contributed by atoms with Gasteiger partial charge in [-0.2, -0.15) is 13.2 Å². The van der Waals surface area contributed by atoms with Crippen molar-refractivity contribution in [2.45, 2.75) is 20.0 Å². The van der Waals surface area contributed by atoms with Gasteiger partial charge in [-0.25, -0.2) is 9.78 Å². The van der Waals surface area contributed by atoms with Crippen LogP contribution in [0.4, 0.5) is 18.9 Å². The molecule has 1 aromatic rings. The molecule has 20 heavy (non-hydrogen) atoms. The van der Waals surface area contributed by atoms with Crippen LogP contribution in [0, 0.1) is 0 Å². The van der Waals surface area contributed by atoms with E-state index in [1.165, 1.54) is 13.8 Å². The Morgan fingerprint density at radius 2 is 1.80 bits per heavy atom. The summed E-state index contributed by atoms with van der Waals surface area (Å²) in [6.45, 7) is 2.55. The number of nitrogens with zero attached hydrogens (tertiary/aromatic N) is 1. The van der Waals surface area contributed by atoms with E-state index < -0.39 is 23.7 Å². The summed E-state index contributed by atoms with van der Waals surface area (Å²) in [6.07, 6.45) is -3.71. The zero-order chi connectivity index (χ0) is 15.5. The second-order valence-electron chi connectivity index (χ2n) is 3.94. The largest absolute Gasteiger partial charge is 0.478 e. The van der Waals surface area contributed by atoms with Gasteiger partial charge in [-0.3, -0.25) is 4.79 Å². The van der Waals surface area contributed by atoms with Crippen LogP contribution in [0.25, 0.3) is 0 Å². The van der Waals surface area contributed by atoms with E-state index in [0.717, 1.165) is 18.3 Å². The highest BCUT2D eigenvalue weighted by atomic mass is 19.4. The molecule has 0 radical (unpaired) electrons. The maximum absolute atomic E-state index is 12.3. The van der Waals surface area contributed by atoms with Crippen molar-refractivity contribution >= 4 is 17.6 Å². The first-order valence-electron chi connectivity index (χ1n) is 5.38. The number of hydrogen-bond acceptors (Lipinski definition) is 3. The molecule has 0 bridgehead atoms. The molecule has 1 heterocycles. The lowest BCUT2D eigenvalue weighted by Crippen LogP contribution is -2.16. The van der Waals surface area contributed by atoms with E-state index >= 15 is 0 Å². The quantitative estimate of drug-likeness (QED) is 0.837. The molecule has 5 nitrogen and oxygen atoms in total. The summed E-state index contributed by atoms with van der Waals surface area (Å²) >= 11 is 0. The van der Waals surface area contributed by atoms with Crippen LogP contribution in [0.15, 0.2) is 29.5 Å². The number of aromatic nitrogens is 1. The zero-order valence-corrected chi connectivity index (χ0v) is 10.6. The second kappa shape index (κ2) is 5.72. The third-order valence-corrected chi connectivity index (χ3v) is 2.54. The third-order valence-electron chi connectivity index (χ3n) is 2.54. The van der Waals surface area contributed by atoms with Crippen molar-refractivity contribution in [3.63, 3.8) is 0 Å². The van der Waals surface area contributed by atoms with Crippen molar-refractivity contribution in [1.29, 1.82) is 0 Å². The van der Waals surface area contributed by atoms with Gasteiger partial charge >= 0.3 is 12.1 Å². The smallest absolute Gasteiger partial charge is 0.433 e. The van der Waals surface area contributed by atoms with Gasteiger partial charge in [-0.05, 0) is 26.0 Å². The van der Waals surface area contributed by atoms with Crippen LogP contribution in [0.2, 0.25) is 0 Å². The van der Waals surface area contributed by atoms with Gasteiger partial charge in [-0.15, -0.1) is 0 Å². The minimum Gasteiger partial charge on any atom is -0.478 e. The number of carboxylic acid groups (broad SMARTS) is 1. The van der Waals surface area contributed by atoms with E-state index in [4.69, 9.17) is 5.11 Å². The van der Waals surface area contributed by atoms with Crippen LogP contribution in [0.5, 0.6) is 0 Å². The van der Waals surface area contributed by atoms with E-state index in [-0.39, 0.29) is 16.8 Å². The number of alkyl halides is 3. The maximum atomic E-state index is 12.3. The lowest BCUT2D eigenvalue weighted by Gasteiger charge is -2.08. The Labute approximate surface area is 112 Å². The highest BCUT2D eigenvalue weighted by Gasteiger charge is 2.32. The molecular weight excluding hydrogens is 277 g/mol. The Balaban J connectivity index is 2.88. The van der Waals surface area contributed by atoms with Gasteiger partial charge in [0.1, 0.15) is 5.69 Å². The van der Waals surface area contributed by atoms with Crippen molar-refractivity contribution in [2.24, 2.45) is 0 Å². The van der Waals surface area contributed by atoms with Crippen LogP contribution in [-0.2, 0) is 15.8 Å². The third kappa shape index (κ3) is 3.81. The Hall–Kier alpha value is -2.38. The van der Waals surface area contributed by atoms with Crippen molar-refractivity contribution < 1.29 is 27.9 Å². The maximum Gasteiger partial charge on any atom is 0.433 e. The number of aliphatic carboxylic acids is 1. The number of pyridine rings is 1. The Bertz CT molecular complexity index is 562. The summed E-state index contributed by atoms with van der Waals surface area (Å²) in [5, 5.41) is 11.0. The number of nitrogens with one attached hydrogen (secondary N) is 1. The van der Waals surface area contributed by atoms with Crippen LogP contribution in [-0.4, -0.2) is 22.0 Å². The number of amides is 1. The number of anilines is 1. The van der Waals surface area contributed by atoms with Crippen LogP contribution >= 0.6 is 0 Å². The number of halogens is 3.